The molecule has 1 aliphatic carbocycles. The molecule has 2 amide bonds. The van der Waals surface area contributed by atoms with Gasteiger partial charge in [0.25, 0.3) is 0 Å². The van der Waals surface area contributed by atoms with E-state index in [-0.39, 0.29) is 29.4 Å². The highest BCUT2D eigenvalue weighted by Gasteiger charge is 2.51. The summed E-state index contributed by atoms with van der Waals surface area (Å²) in [7, 11) is 0. The minimum atomic E-state index is -0.947. The number of rotatable bonds is 3. The summed E-state index contributed by atoms with van der Waals surface area (Å²) in [5.74, 6) is -1.47. The predicted molar refractivity (Wildman–Crippen MR) is 83.9 cm³/mol. The lowest BCUT2D eigenvalue weighted by molar-refractivity contribution is -0.152. The van der Waals surface area contributed by atoms with Crippen LogP contribution in [0.15, 0.2) is 24.3 Å². The Balaban J connectivity index is 1.76. The molecule has 5 nitrogen and oxygen atoms in total. The van der Waals surface area contributed by atoms with E-state index in [1.54, 1.807) is 24.3 Å². The maximum Gasteiger partial charge on any atom is 0.334 e. The average Bonchev–Trinajstić information content (AvgIpc) is 2.81. The van der Waals surface area contributed by atoms with E-state index in [0.29, 0.717) is 5.02 Å². The molecule has 1 aliphatic heterocycles. The van der Waals surface area contributed by atoms with Gasteiger partial charge in [-0.05, 0) is 31.9 Å². The van der Waals surface area contributed by atoms with E-state index in [1.807, 2.05) is 0 Å². The fourth-order valence-corrected chi connectivity index (χ4v) is 3.57. The Bertz CT molecular complexity index is 636. The first-order valence-electron chi connectivity index (χ1n) is 7.84. The lowest BCUT2D eigenvalue weighted by Gasteiger charge is -2.21. The molecule has 1 heterocycles. The van der Waals surface area contributed by atoms with Crippen molar-refractivity contribution in [1.82, 2.24) is 4.90 Å². The van der Waals surface area contributed by atoms with Crippen molar-refractivity contribution in [2.75, 3.05) is 0 Å². The maximum atomic E-state index is 12.5. The number of amides is 2. The van der Waals surface area contributed by atoms with Crippen LogP contribution in [0, 0.1) is 11.8 Å². The molecule has 23 heavy (non-hydrogen) atoms. The number of hydrogen-bond donors (Lipinski definition) is 0. The Labute approximate surface area is 139 Å². The Kier molecular flexibility index (Phi) is 4.39. The Morgan fingerprint density at radius 1 is 1.17 bits per heavy atom. The van der Waals surface area contributed by atoms with Crippen molar-refractivity contribution in [2.45, 2.75) is 38.6 Å². The third-order valence-corrected chi connectivity index (χ3v) is 4.96. The molecular weight excluding hydrogens is 318 g/mol. The van der Waals surface area contributed by atoms with E-state index < -0.39 is 12.0 Å². The van der Waals surface area contributed by atoms with Crippen LogP contribution in [0.1, 0.15) is 32.6 Å². The van der Waals surface area contributed by atoms with Gasteiger partial charge < -0.3 is 4.74 Å². The molecule has 0 radical (unpaired) electrons. The molecule has 0 spiro atoms. The maximum absolute atomic E-state index is 12.5. The fourth-order valence-electron chi connectivity index (χ4n) is 3.40. The highest BCUT2D eigenvalue weighted by atomic mass is 35.5. The van der Waals surface area contributed by atoms with Crippen molar-refractivity contribution in [1.29, 1.82) is 0 Å². The zero-order chi connectivity index (χ0) is 16.6. The van der Waals surface area contributed by atoms with E-state index in [1.165, 1.54) is 6.92 Å². The van der Waals surface area contributed by atoms with Gasteiger partial charge >= 0.3 is 5.97 Å². The quantitative estimate of drug-likeness (QED) is 0.484. The molecule has 0 bridgehead atoms. The first kappa shape index (κ1) is 16.0. The summed E-state index contributed by atoms with van der Waals surface area (Å²) in [6.45, 7) is 1.52. The third-order valence-electron chi connectivity index (χ3n) is 4.65. The summed E-state index contributed by atoms with van der Waals surface area (Å²) < 4.78 is 5.25. The average molecular weight is 336 g/mol. The number of nitrogens with zero attached hydrogens (tertiary/aromatic N) is 1. The Hall–Kier alpha value is -1.88. The Morgan fingerprint density at radius 2 is 1.74 bits per heavy atom. The van der Waals surface area contributed by atoms with Gasteiger partial charge in [-0.2, -0.15) is 0 Å². The summed E-state index contributed by atoms with van der Waals surface area (Å²) in [6.07, 6.45) is 3.34. The second-order valence-electron chi connectivity index (χ2n) is 6.07. The molecule has 1 saturated heterocycles. The zero-order valence-corrected chi connectivity index (χ0v) is 13.6. The summed E-state index contributed by atoms with van der Waals surface area (Å²) in [5, 5.41) is 0.306. The van der Waals surface area contributed by atoms with Crippen LogP contribution >= 0.6 is 11.6 Å². The number of fused-ring (bicyclic) bond motifs is 1. The Morgan fingerprint density at radius 3 is 2.30 bits per heavy atom. The monoisotopic (exact) mass is 335 g/mol. The molecular formula is C17H18ClNO4. The summed E-state index contributed by atoms with van der Waals surface area (Å²) in [6, 6.07) is 5.65. The van der Waals surface area contributed by atoms with E-state index in [2.05, 4.69) is 0 Å². The fraction of sp³-hybridized carbons (Fsp3) is 0.471. The van der Waals surface area contributed by atoms with Crippen LogP contribution in [-0.2, 0) is 14.4 Å². The van der Waals surface area contributed by atoms with Crippen molar-refractivity contribution in [3.05, 3.63) is 29.3 Å². The van der Waals surface area contributed by atoms with E-state index in [0.717, 1.165) is 30.6 Å². The van der Waals surface area contributed by atoms with Gasteiger partial charge in [0.1, 0.15) is 11.8 Å². The number of likely N-dealkylation sites (tertiary alicyclic amines) is 1. The number of carbonyl (C=O) groups is 3. The number of esters is 1. The molecule has 1 aromatic carbocycles. The molecule has 122 valence electrons. The normalized spacial score (nSPS) is 25.2. The predicted octanol–water partition coefficient (Wildman–Crippen LogP) is 2.81. The largest absolute Gasteiger partial charge is 0.423 e. The molecule has 1 aromatic rings. The summed E-state index contributed by atoms with van der Waals surface area (Å²) >= 11 is 5.96. The molecule has 2 fully saturated rings. The van der Waals surface area contributed by atoms with Crippen LogP contribution < -0.4 is 4.74 Å². The molecule has 3 rings (SSSR count). The number of carbonyl (C=O) groups excluding carboxylic acids is 3. The third kappa shape index (κ3) is 2.85. The minimum absolute atomic E-state index is 0.225. The van der Waals surface area contributed by atoms with Gasteiger partial charge in [0.2, 0.25) is 11.8 Å². The first-order chi connectivity index (χ1) is 11.0. The van der Waals surface area contributed by atoms with Gasteiger partial charge in [0.15, 0.2) is 0 Å². The smallest absolute Gasteiger partial charge is 0.334 e. The van der Waals surface area contributed by atoms with Crippen LogP contribution in [0.2, 0.25) is 5.02 Å². The first-order valence-corrected chi connectivity index (χ1v) is 8.21. The van der Waals surface area contributed by atoms with Crippen LogP contribution in [0.25, 0.3) is 0 Å². The van der Waals surface area contributed by atoms with Crippen molar-refractivity contribution in [2.24, 2.45) is 11.8 Å². The summed E-state index contributed by atoms with van der Waals surface area (Å²) in [5.41, 5.74) is 0. The molecule has 1 saturated carbocycles. The van der Waals surface area contributed by atoms with Gasteiger partial charge in [0.05, 0.1) is 16.9 Å². The van der Waals surface area contributed by atoms with Crippen LogP contribution in [0.4, 0.5) is 0 Å². The molecule has 6 heteroatoms. The number of hydrogen-bond acceptors (Lipinski definition) is 4. The molecule has 0 aromatic heterocycles. The number of imide groups is 1. The van der Waals surface area contributed by atoms with E-state index in [9.17, 15) is 14.4 Å². The van der Waals surface area contributed by atoms with E-state index in [4.69, 9.17) is 16.3 Å². The number of ether oxygens (including phenoxy) is 1. The lowest BCUT2D eigenvalue weighted by Crippen LogP contribution is -2.45. The number of halogens is 1. The second kappa shape index (κ2) is 6.32. The van der Waals surface area contributed by atoms with Gasteiger partial charge in [-0.3, -0.25) is 14.5 Å². The van der Waals surface area contributed by atoms with Crippen molar-refractivity contribution >= 4 is 29.4 Å². The molecule has 0 N–H and O–H groups in total. The van der Waals surface area contributed by atoms with Crippen LogP contribution in [0.3, 0.4) is 0 Å². The van der Waals surface area contributed by atoms with Crippen molar-refractivity contribution in [3.63, 3.8) is 0 Å². The van der Waals surface area contributed by atoms with E-state index >= 15 is 0 Å². The molecule has 3 unspecified atom stereocenters. The van der Waals surface area contributed by atoms with Crippen LogP contribution in [-0.4, -0.2) is 28.7 Å². The highest BCUT2D eigenvalue weighted by Crippen LogP contribution is 2.39. The molecule has 2 aliphatic rings. The van der Waals surface area contributed by atoms with Gasteiger partial charge in [0, 0.05) is 0 Å². The number of para-hydroxylation sites is 1. The van der Waals surface area contributed by atoms with Crippen molar-refractivity contribution < 1.29 is 19.1 Å². The van der Waals surface area contributed by atoms with Gasteiger partial charge in [-0.15, -0.1) is 0 Å². The SMILES string of the molecule is CC(C(=O)Oc1ccccc1Cl)N1C(=O)C2CCCCC2C1=O. The molecule has 3 atom stereocenters. The topological polar surface area (TPSA) is 63.7 Å². The number of benzene rings is 1. The zero-order valence-electron chi connectivity index (χ0n) is 12.8. The van der Waals surface area contributed by atoms with Gasteiger partial charge in [-0.25, -0.2) is 4.79 Å². The van der Waals surface area contributed by atoms with Crippen LogP contribution in [0.5, 0.6) is 5.75 Å². The highest BCUT2D eigenvalue weighted by molar-refractivity contribution is 6.32. The van der Waals surface area contributed by atoms with Gasteiger partial charge in [-0.1, -0.05) is 36.6 Å². The lowest BCUT2D eigenvalue weighted by atomic mass is 9.81. The summed E-state index contributed by atoms with van der Waals surface area (Å²) in [4.78, 5) is 38.4. The second-order valence-corrected chi connectivity index (χ2v) is 6.48. The van der Waals surface area contributed by atoms with Crippen molar-refractivity contribution in [3.8, 4) is 5.75 Å². The standard InChI is InChI=1S/C17H18ClNO4/c1-10(17(22)23-14-9-5-4-8-13(14)18)19-15(20)11-6-2-3-7-12(11)16(19)21/h4-5,8-12H,2-3,6-7H2,1H3. The minimum Gasteiger partial charge on any atom is -0.423 e.